The molecule has 1 unspecified atom stereocenters. The molecule has 66 valence electrons. The van der Waals surface area contributed by atoms with Crippen LogP contribution >= 0.6 is 0 Å². The van der Waals surface area contributed by atoms with Gasteiger partial charge in [0.05, 0.1) is 5.35 Å². The van der Waals surface area contributed by atoms with Gasteiger partial charge in [-0.3, -0.25) is 4.98 Å². The molecule has 2 rings (SSSR count). The van der Waals surface area contributed by atoms with Crippen LogP contribution in [0.15, 0.2) is 30.0 Å². The van der Waals surface area contributed by atoms with E-state index in [1.54, 1.807) is 0 Å². The van der Waals surface area contributed by atoms with E-state index < -0.39 is 0 Å². The maximum Gasteiger partial charge on any atom is 0.0701 e. The first-order valence-corrected chi connectivity index (χ1v) is 4.59. The van der Waals surface area contributed by atoms with Crippen molar-refractivity contribution in [3.8, 4) is 0 Å². The van der Waals surface area contributed by atoms with Gasteiger partial charge in [-0.2, -0.15) is 0 Å². The minimum atomic E-state index is 0.502. The summed E-state index contributed by atoms with van der Waals surface area (Å²) in [6, 6.07) is 4.10. The van der Waals surface area contributed by atoms with Gasteiger partial charge in [0.1, 0.15) is 0 Å². The van der Waals surface area contributed by atoms with Crippen molar-refractivity contribution in [1.82, 2.24) is 4.98 Å². The molecule has 1 atom stereocenters. The minimum Gasteiger partial charge on any atom is -0.256 e. The molecule has 1 aromatic rings. The van der Waals surface area contributed by atoms with Crippen LogP contribution in [0.25, 0.3) is 12.2 Å². The summed E-state index contributed by atoms with van der Waals surface area (Å²) in [5, 5.41) is 2.32. The number of hydrogen-bond donors (Lipinski definition) is 0. The lowest BCUT2D eigenvalue weighted by atomic mass is 10.1. The molecule has 0 saturated carbocycles. The van der Waals surface area contributed by atoms with E-state index in [2.05, 4.69) is 43.1 Å². The van der Waals surface area contributed by atoms with Gasteiger partial charge in [-0.1, -0.05) is 30.7 Å². The minimum absolute atomic E-state index is 0.502. The first kappa shape index (κ1) is 8.24. The normalized spacial score (nSPS) is 20.5. The van der Waals surface area contributed by atoms with Crippen molar-refractivity contribution in [2.75, 3.05) is 0 Å². The quantitative estimate of drug-likeness (QED) is 0.572. The third-order valence-electron chi connectivity index (χ3n) is 2.20. The van der Waals surface area contributed by atoms with Gasteiger partial charge in [-0.05, 0) is 30.2 Å². The van der Waals surface area contributed by atoms with E-state index in [9.17, 15) is 0 Å². The third-order valence-corrected chi connectivity index (χ3v) is 2.20. The fraction of sp³-hybridized carbons (Fsp3) is 0.250. The SMILES string of the molecule is CC1=CC(C)C=c2cccnc2=C1. The lowest BCUT2D eigenvalue weighted by molar-refractivity contribution is 0.987. The lowest BCUT2D eigenvalue weighted by Gasteiger charge is -1.95. The van der Waals surface area contributed by atoms with Gasteiger partial charge in [0.25, 0.3) is 0 Å². The van der Waals surface area contributed by atoms with Crippen LogP contribution in [0.1, 0.15) is 13.8 Å². The van der Waals surface area contributed by atoms with Crippen LogP contribution in [-0.4, -0.2) is 4.98 Å². The van der Waals surface area contributed by atoms with Crippen LogP contribution < -0.4 is 10.6 Å². The number of rotatable bonds is 0. The summed E-state index contributed by atoms with van der Waals surface area (Å²) in [7, 11) is 0. The Morgan fingerprint density at radius 1 is 1.31 bits per heavy atom. The zero-order valence-electron chi connectivity index (χ0n) is 7.99. The van der Waals surface area contributed by atoms with E-state index in [1.807, 2.05) is 12.3 Å². The van der Waals surface area contributed by atoms with E-state index in [0.29, 0.717) is 5.92 Å². The molecule has 0 amide bonds. The molecule has 1 heteroatoms. The highest BCUT2D eigenvalue weighted by molar-refractivity contribution is 5.49. The molecule has 0 aromatic carbocycles. The summed E-state index contributed by atoms with van der Waals surface area (Å²) in [5.41, 5.74) is 1.29. The van der Waals surface area contributed by atoms with Gasteiger partial charge >= 0.3 is 0 Å². The second-order valence-corrected chi connectivity index (χ2v) is 3.56. The molecule has 0 saturated heterocycles. The predicted molar refractivity (Wildman–Crippen MR) is 55.3 cm³/mol. The van der Waals surface area contributed by atoms with Gasteiger partial charge < -0.3 is 0 Å². The topological polar surface area (TPSA) is 12.9 Å². The van der Waals surface area contributed by atoms with E-state index in [-0.39, 0.29) is 0 Å². The Bertz CT molecular complexity index is 454. The Hall–Kier alpha value is -1.37. The molecular formula is C12H13N. The van der Waals surface area contributed by atoms with Crippen molar-refractivity contribution < 1.29 is 0 Å². The second-order valence-electron chi connectivity index (χ2n) is 3.56. The fourth-order valence-corrected chi connectivity index (χ4v) is 1.70. The summed E-state index contributed by atoms with van der Waals surface area (Å²) in [5.74, 6) is 0.502. The highest BCUT2D eigenvalue weighted by Crippen LogP contribution is 2.06. The molecular weight excluding hydrogens is 158 g/mol. The lowest BCUT2D eigenvalue weighted by Crippen LogP contribution is -2.27. The first-order chi connectivity index (χ1) is 6.25. The van der Waals surface area contributed by atoms with E-state index >= 15 is 0 Å². The van der Waals surface area contributed by atoms with Crippen LogP contribution in [0.3, 0.4) is 0 Å². The van der Waals surface area contributed by atoms with Crippen molar-refractivity contribution in [3.05, 3.63) is 40.5 Å². The molecule has 0 fully saturated rings. The Labute approximate surface area is 78.1 Å². The van der Waals surface area contributed by atoms with Crippen LogP contribution in [0.4, 0.5) is 0 Å². The van der Waals surface area contributed by atoms with Gasteiger partial charge in [0, 0.05) is 6.20 Å². The van der Waals surface area contributed by atoms with E-state index in [1.165, 1.54) is 10.8 Å². The number of hydrogen-bond acceptors (Lipinski definition) is 1. The molecule has 1 aliphatic carbocycles. The van der Waals surface area contributed by atoms with Gasteiger partial charge in [-0.25, -0.2) is 0 Å². The Balaban J connectivity index is 2.76. The molecule has 0 N–H and O–H groups in total. The number of nitrogens with zero attached hydrogens (tertiary/aromatic N) is 1. The molecule has 1 aromatic heterocycles. The van der Waals surface area contributed by atoms with Crippen molar-refractivity contribution >= 4 is 12.2 Å². The summed E-state index contributed by atoms with van der Waals surface area (Å²) in [6.07, 6.45) is 8.47. The molecule has 0 bridgehead atoms. The molecule has 0 aliphatic heterocycles. The van der Waals surface area contributed by atoms with Crippen molar-refractivity contribution in [1.29, 1.82) is 0 Å². The molecule has 1 aliphatic rings. The van der Waals surface area contributed by atoms with E-state index in [0.717, 1.165) is 5.35 Å². The number of aromatic nitrogens is 1. The molecule has 0 spiro atoms. The zero-order chi connectivity index (χ0) is 9.26. The molecule has 13 heavy (non-hydrogen) atoms. The summed E-state index contributed by atoms with van der Waals surface area (Å²) in [4.78, 5) is 4.34. The van der Waals surface area contributed by atoms with Crippen molar-refractivity contribution in [3.63, 3.8) is 0 Å². The third kappa shape index (κ3) is 1.69. The number of pyridine rings is 1. The summed E-state index contributed by atoms with van der Waals surface area (Å²) in [6.45, 7) is 4.31. The summed E-state index contributed by atoms with van der Waals surface area (Å²) >= 11 is 0. The smallest absolute Gasteiger partial charge is 0.0701 e. The monoisotopic (exact) mass is 171 g/mol. The highest BCUT2D eigenvalue weighted by atomic mass is 14.6. The van der Waals surface area contributed by atoms with Gasteiger partial charge in [-0.15, -0.1) is 0 Å². The van der Waals surface area contributed by atoms with Crippen LogP contribution in [0.5, 0.6) is 0 Å². The largest absolute Gasteiger partial charge is 0.256 e. The maximum absolute atomic E-state index is 4.34. The van der Waals surface area contributed by atoms with Crippen molar-refractivity contribution in [2.24, 2.45) is 5.92 Å². The molecule has 1 nitrogen and oxygen atoms in total. The zero-order valence-corrected chi connectivity index (χ0v) is 7.99. The Kier molecular flexibility index (Phi) is 2.01. The molecule has 0 radical (unpaired) electrons. The van der Waals surface area contributed by atoms with Gasteiger partial charge in [0.2, 0.25) is 0 Å². The van der Waals surface area contributed by atoms with Crippen LogP contribution in [0.2, 0.25) is 0 Å². The number of allylic oxidation sites excluding steroid dienone is 2. The maximum atomic E-state index is 4.34. The number of fused-ring (bicyclic) bond motifs is 1. The summed E-state index contributed by atoms with van der Waals surface area (Å²) < 4.78 is 0. The fourth-order valence-electron chi connectivity index (χ4n) is 1.70. The van der Waals surface area contributed by atoms with Crippen molar-refractivity contribution in [2.45, 2.75) is 13.8 Å². The Morgan fingerprint density at radius 3 is 3.00 bits per heavy atom. The van der Waals surface area contributed by atoms with Crippen LogP contribution in [-0.2, 0) is 0 Å². The van der Waals surface area contributed by atoms with Gasteiger partial charge in [0.15, 0.2) is 0 Å². The predicted octanol–water partition coefficient (Wildman–Crippen LogP) is 1.24. The first-order valence-electron chi connectivity index (χ1n) is 4.59. The van der Waals surface area contributed by atoms with Crippen LogP contribution in [0, 0.1) is 5.92 Å². The average molecular weight is 171 g/mol. The molecule has 1 heterocycles. The highest BCUT2D eigenvalue weighted by Gasteiger charge is 1.98. The average Bonchev–Trinajstić information content (AvgIpc) is 2.20. The van der Waals surface area contributed by atoms with E-state index in [4.69, 9.17) is 0 Å². The second kappa shape index (κ2) is 3.17. The Morgan fingerprint density at radius 2 is 2.15 bits per heavy atom. The standard InChI is InChI=1S/C12H13N/c1-9-6-10(2)8-12-11(7-9)4-3-5-13-12/h3-9H,1-2H3.